The number of unbranched alkanes of at least 4 members (excludes halogenated alkanes) is 22. The fraction of sp³-hybridized carbons (Fsp3) is 0.964. The van der Waals surface area contributed by atoms with Crippen LogP contribution in [0.15, 0.2) is 4.99 Å². The summed E-state index contributed by atoms with van der Waals surface area (Å²) in [6.45, 7) is 5.66. The molecule has 0 N–H and O–H groups in total. The van der Waals surface area contributed by atoms with E-state index < -0.39 is 0 Å². The van der Waals surface area contributed by atoms with Crippen molar-refractivity contribution in [1.29, 1.82) is 0 Å². The molecule has 0 aromatic rings. The van der Waals surface area contributed by atoms with Crippen molar-refractivity contribution in [3.63, 3.8) is 0 Å². The summed E-state index contributed by atoms with van der Waals surface area (Å²) < 4.78 is 0. The van der Waals surface area contributed by atoms with Gasteiger partial charge in [-0.05, 0) is 25.5 Å². The fourth-order valence-electron chi connectivity index (χ4n) is 4.13. The van der Waals surface area contributed by atoms with E-state index in [0.717, 1.165) is 6.54 Å². The summed E-state index contributed by atoms with van der Waals surface area (Å²) in [6, 6.07) is 0. The van der Waals surface area contributed by atoms with Crippen LogP contribution in [0.1, 0.15) is 168 Å². The van der Waals surface area contributed by atoms with Crippen LogP contribution in [0, 0.1) is 0 Å². The minimum Gasteiger partial charge on any atom is -0.298 e. The third-order valence-electron chi connectivity index (χ3n) is 6.21. The first kappa shape index (κ1) is 28.7. The van der Waals surface area contributed by atoms with Gasteiger partial charge in [-0.1, -0.05) is 149 Å². The highest BCUT2D eigenvalue weighted by atomic mass is 14.7. The Hall–Kier alpha value is -0.330. The second-order valence-corrected chi connectivity index (χ2v) is 9.30. The van der Waals surface area contributed by atoms with Gasteiger partial charge in [0.15, 0.2) is 0 Å². The summed E-state index contributed by atoms with van der Waals surface area (Å²) in [6.07, 6.45) is 36.2. The lowest BCUT2D eigenvalue weighted by molar-refractivity contribution is 0.545. The number of hydrogen-bond donors (Lipinski definition) is 0. The zero-order valence-corrected chi connectivity index (χ0v) is 20.7. The van der Waals surface area contributed by atoms with Crippen molar-refractivity contribution in [2.45, 2.75) is 168 Å². The van der Waals surface area contributed by atoms with Gasteiger partial charge < -0.3 is 0 Å². The van der Waals surface area contributed by atoms with Crippen LogP contribution in [0.5, 0.6) is 0 Å². The van der Waals surface area contributed by atoms with E-state index in [1.54, 1.807) is 0 Å². The Bertz CT molecular complexity index is 297. The molecule has 0 amide bonds. The first-order chi connectivity index (χ1) is 14.4. The molecule has 1 nitrogen and oxygen atoms in total. The van der Waals surface area contributed by atoms with Gasteiger partial charge in [0.1, 0.15) is 0 Å². The molecule has 0 aromatic carbocycles. The SMILES string of the molecule is CCCCCCCCCCCCCC=NCCCCCCCCCCCCCC. The van der Waals surface area contributed by atoms with E-state index in [9.17, 15) is 0 Å². The van der Waals surface area contributed by atoms with E-state index in [1.165, 1.54) is 154 Å². The highest BCUT2D eigenvalue weighted by molar-refractivity contribution is 5.56. The molecule has 0 saturated carbocycles. The predicted octanol–water partition coefficient (Wildman–Crippen LogP) is 10.5. The van der Waals surface area contributed by atoms with Crippen molar-refractivity contribution in [3.8, 4) is 0 Å². The Morgan fingerprint density at radius 1 is 0.379 bits per heavy atom. The normalized spacial score (nSPS) is 11.7. The van der Waals surface area contributed by atoms with Crippen LogP contribution in [0.3, 0.4) is 0 Å². The molecule has 0 aromatic heterocycles. The maximum Gasteiger partial charge on any atom is 0.0385 e. The molecular weight excluding hydrogens is 350 g/mol. The van der Waals surface area contributed by atoms with Crippen LogP contribution in [0.2, 0.25) is 0 Å². The van der Waals surface area contributed by atoms with Crippen LogP contribution in [-0.4, -0.2) is 12.8 Å². The molecule has 0 spiro atoms. The molecule has 0 unspecified atom stereocenters. The van der Waals surface area contributed by atoms with Crippen LogP contribution >= 0.6 is 0 Å². The van der Waals surface area contributed by atoms with Crippen molar-refractivity contribution in [1.82, 2.24) is 0 Å². The largest absolute Gasteiger partial charge is 0.298 e. The van der Waals surface area contributed by atoms with Crippen LogP contribution < -0.4 is 0 Å². The molecule has 0 bridgehead atoms. The summed E-state index contributed by atoms with van der Waals surface area (Å²) in [5.74, 6) is 0. The average molecular weight is 408 g/mol. The first-order valence-corrected chi connectivity index (χ1v) is 13.9. The third-order valence-corrected chi connectivity index (χ3v) is 6.21. The van der Waals surface area contributed by atoms with Gasteiger partial charge in [0, 0.05) is 6.54 Å². The molecule has 1 heteroatoms. The van der Waals surface area contributed by atoms with Gasteiger partial charge in [-0.15, -0.1) is 0 Å². The summed E-state index contributed by atoms with van der Waals surface area (Å²) in [5, 5.41) is 0. The molecule has 0 atom stereocenters. The Kier molecular flexibility index (Phi) is 27.4. The fourth-order valence-corrected chi connectivity index (χ4v) is 4.13. The number of aliphatic imine (C=N–C) groups is 1. The molecule has 0 heterocycles. The van der Waals surface area contributed by atoms with E-state index in [4.69, 9.17) is 0 Å². The van der Waals surface area contributed by atoms with Gasteiger partial charge in [-0.25, -0.2) is 0 Å². The van der Waals surface area contributed by atoms with Crippen molar-refractivity contribution < 1.29 is 0 Å². The zero-order chi connectivity index (χ0) is 21.1. The first-order valence-electron chi connectivity index (χ1n) is 13.9. The molecule has 0 rings (SSSR count). The third kappa shape index (κ3) is 27.7. The Morgan fingerprint density at radius 3 is 1.07 bits per heavy atom. The number of nitrogens with zero attached hydrogens (tertiary/aromatic N) is 1. The van der Waals surface area contributed by atoms with Crippen molar-refractivity contribution >= 4 is 6.21 Å². The van der Waals surface area contributed by atoms with E-state index in [-0.39, 0.29) is 0 Å². The van der Waals surface area contributed by atoms with Gasteiger partial charge in [0.2, 0.25) is 0 Å². The molecule has 0 radical (unpaired) electrons. The lowest BCUT2D eigenvalue weighted by atomic mass is 10.1. The molecule has 0 fully saturated rings. The van der Waals surface area contributed by atoms with E-state index in [2.05, 4.69) is 25.1 Å². The standard InChI is InChI=1S/C28H57N/c1-3-5-7-9-11-13-15-17-19-21-23-25-27-29-28-26-24-22-20-18-16-14-12-10-8-6-4-2/h27H,3-26,28H2,1-2H3. The lowest BCUT2D eigenvalue weighted by Gasteiger charge is -2.02. The molecule has 0 aliphatic rings. The smallest absolute Gasteiger partial charge is 0.0385 e. The van der Waals surface area contributed by atoms with Crippen molar-refractivity contribution in [2.75, 3.05) is 6.54 Å². The predicted molar refractivity (Wildman–Crippen MR) is 136 cm³/mol. The van der Waals surface area contributed by atoms with Crippen LogP contribution in [-0.2, 0) is 0 Å². The average Bonchev–Trinajstić information content (AvgIpc) is 2.74. The van der Waals surface area contributed by atoms with E-state index in [0.29, 0.717) is 0 Å². The van der Waals surface area contributed by atoms with Crippen LogP contribution in [0.4, 0.5) is 0 Å². The van der Waals surface area contributed by atoms with E-state index in [1.807, 2.05) is 0 Å². The maximum atomic E-state index is 4.61. The molecular formula is C28H57N. The quantitative estimate of drug-likeness (QED) is 0.105. The Morgan fingerprint density at radius 2 is 0.690 bits per heavy atom. The van der Waals surface area contributed by atoms with Crippen LogP contribution in [0.25, 0.3) is 0 Å². The van der Waals surface area contributed by atoms with E-state index >= 15 is 0 Å². The molecule has 174 valence electrons. The number of rotatable bonds is 25. The van der Waals surface area contributed by atoms with Crippen molar-refractivity contribution in [2.24, 2.45) is 4.99 Å². The summed E-state index contributed by atoms with van der Waals surface area (Å²) >= 11 is 0. The van der Waals surface area contributed by atoms with Gasteiger partial charge in [-0.3, -0.25) is 4.99 Å². The van der Waals surface area contributed by atoms with Crippen molar-refractivity contribution in [3.05, 3.63) is 0 Å². The topological polar surface area (TPSA) is 12.4 Å². The Balaban J connectivity index is 3.05. The monoisotopic (exact) mass is 407 g/mol. The van der Waals surface area contributed by atoms with Gasteiger partial charge in [0.25, 0.3) is 0 Å². The highest BCUT2D eigenvalue weighted by Crippen LogP contribution is 2.13. The Labute approximate surface area is 185 Å². The summed E-state index contributed by atoms with van der Waals surface area (Å²) in [7, 11) is 0. The molecule has 0 aliphatic carbocycles. The highest BCUT2D eigenvalue weighted by Gasteiger charge is 1.94. The molecule has 29 heavy (non-hydrogen) atoms. The number of hydrogen-bond acceptors (Lipinski definition) is 1. The van der Waals surface area contributed by atoms with Gasteiger partial charge in [-0.2, -0.15) is 0 Å². The molecule has 0 aliphatic heterocycles. The minimum atomic E-state index is 1.06. The minimum absolute atomic E-state index is 1.06. The summed E-state index contributed by atoms with van der Waals surface area (Å²) in [5.41, 5.74) is 0. The van der Waals surface area contributed by atoms with Gasteiger partial charge >= 0.3 is 0 Å². The maximum absolute atomic E-state index is 4.61. The summed E-state index contributed by atoms with van der Waals surface area (Å²) in [4.78, 5) is 4.61. The lowest BCUT2D eigenvalue weighted by Crippen LogP contribution is -1.86. The second kappa shape index (κ2) is 27.7. The second-order valence-electron chi connectivity index (χ2n) is 9.30. The van der Waals surface area contributed by atoms with Gasteiger partial charge in [0.05, 0.1) is 0 Å². The zero-order valence-electron chi connectivity index (χ0n) is 20.7. The molecule has 0 saturated heterocycles.